The fourth-order valence-corrected chi connectivity index (χ4v) is 3.15. The minimum atomic E-state index is -3.30. The Hall–Kier alpha value is -0.620. The lowest BCUT2D eigenvalue weighted by Crippen LogP contribution is -2.46. The summed E-state index contributed by atoms with van der Waals surface area (Å²) in [6.07, 6.45) is 2.58. The lowest BCUT2D eigenvalue weighted by Gasteiger charge is -2.20. The van der Waals surface area contributed by atoms with Crippen LogP contribution in [0.25, 0.3) is 0 Å². The number of amides is 1. The summed E-state index contributed by atoms with van der Waals surface area (Å²) >= 11 is 0. The van der Waals surface area contributed by atoms with Crippen molar-refractivity contribution < 1.29 is 13.2 Å². The SMILES string of the molecule is CCCS(=O)(=O)NC(C)C(=O)N1CCCC1. The first-order valence-corrected chi connectivity index (χ1v) is 7.40. The van der Waals surface area contributed by atoms with Crippen LogP contribution in [0.3, 0.4) is 0 Å². The number of nitrogens with one attached hydrogen (secondary N) is 1. The molecule has 16 heavy (non-hydrogen) atoms. The summed E-state index contributed by atoms with van der Waals surface area (Å²) in [5.41, 5.74) is 0. The molecule has 0 spiro atoms. The number of hydrogen-bond donors (Lipinski definition) is 1. The highest BCUT2D eigenvalue weighted by Gasteiger charge is 2.25. The van der Waals surface area contributed by atoms with Gasteiger partial charge in [-0.2, -0.15) is 0 Å². The van der Waals surface area contributed by atoms with Gasteiger partial charge >= 0.3 is 0 Å². The smallest absolute Gasteiger partial charge is 0.240 e. The normalized spacial score (nSPS) is 18.8. The molecule has 6 heteroatoms. The van der Waals surface area contributed by atoms with Crippen LogP contribution in [0.15, 0.2) is 0 Å². The van der Waals surface area contributed by atoms with Crippen molar-refractivity contribution in [2.24, 2.45) is 0 Å². The van der Waals surface area contributed by atoms with E-state index < -0.39 is 16.1 Å². The van der Waals surface area contributed by atoms with Gasteiger partial charge in [-0.25, -0.2) is 13.1 Å². The zero-order valence-corrected chi connectivity index (χ0v) is 10.7. The van der Waals surface area contributed by atoms with Gasteiger partial charge in [0.25, 0.3) is 0 Å². The maximum atomic E-state index is 11.8. The molecule has 1 amide bonds. The third-order valence-corrected chi connectivity index (χ3v) is 4.28. The Bertz CT molecular complexity index is 334. The molecule has 1 fully saturated rings. The van der Waals surface area contributed by atoms with Crippen LogP contribution >= 0.6 is 0 Å². The van der Waals surface area contributed by atoms with Crippen LogP contribution in [0.1, 0.15) is 33.1 Å². The maximum absolute atomic E-state index is 11.8. The van der Waals surface area contributed by atoms with Gasteiger partial charge in [-0.3, -0.25) is 4.79 Å². The highest BCUT2D eigenvalue weighted by Crippen LogP contribution is 2.09. The number of carbonyl (C=O) groups is 1. The molecule has 1 rings (SSSR count). The average Bonchev–Trinajstić information content (AvgIpc) is 2.68. The maximum Gasteiger partial charge on any atom is 0.240 e. The minimum absolute atomic E-state index is 0.0740. The van der Waals surface area contributed by atoms with Gasteiger partial charge < -0.3 is 4.90 Å². The lowest BCUT2D eigenvalue weighted by atomic mass is 10.3. The van der Waals surface area contributed by atoms with Crippen LogP contribution in [0.4, 0.5) is 0 Å². The zero-order valence-electron chi connectivity index (χ0n) is 9.90. The molecule has 0 aromatic heterocycles. The predicted molar refractivity (Wildman–Crippen MR) is 62.5 cm³/mol. The quantitative estimate of drug-likeness (QED) is 0.762. The van der Waals surface area contributed by atoms with E-state index in [1.807, 2.05) is 0 Å². The molecular formula is C10H20N2O3S. The minimum Gasteiger partial charge on any atom is -0.341 e. The van der Waals surface area contributed by atoms with Gasteiger partial charge in [0.1, 0.15) is 0 Å². The van der Waals surface area contributed by atoms with E-state index in [4.69, 9.17) is 0 Å². The van der Waals surface area contributed by atoms with E-state index >= 15 is 0 Å². The number of sulfonamides is 1. The van der Waals surface area contributed by atoms with Crippen LogP contribution in [-0.4, -0.2) is 44.1 Å². The molecule has 1 saturated heterocycles. The molecule has 1 aliphatic heterocycles. The molecule has 0 bridgehead atoms. The Morgan fingerprint density at radius 3 is 2.44 bits per heavy atom. The summed E-state index contributed by atoms with van der Waals surface area (Å²) < 4.78 is 25.4. The highest BCUT2D eigenvalue weighted by atomic mass is 32.2. The second-order valence-electron chi connectivity index (χ2n) is 4.19. The van der Waals surface area contributed by atoms with E-state index in [1.165, 1.54) is 0 Å². The topological polar surface area (TPSA) is 66.5 Å². The Morgan fingerprint density at radius 2 is 1.94 bits per heavy atom. The fourth-order valence-electron chi connectivity index (χ4n) is 1.86. The first kappa shape index (κ1) is 13.4. The summed E-state index contributed by atoms with van der Waals surface area (Å²) in [6.45, 7) is 4.90. The van der Waals surface area contributed by atoms with Crippen LogP contribution in [-0.2, 0) is 14.8 Å². The first-order valence-electron chi connectivity index (χ1n) is 5.75. The largest absolute Gasteiger partial charge is 0.341 e. The lowest BCUT2D eigenvalue weighted by molar-refractivity contribution is -0.131. The Morgan fingerprint density at radius 1 is 1.38 bits per heavy atom. The van der Waals surface area contributed by atoms with Crippen LogP contribution < -0.4 is 4.72 Å². The second kappa shape index (κ2) is 5.63. The molecule has 1 atom stereocenters. The van der Waals surface area contributed by atoms with E-state index in [2.05, 4.69) is 4.72 Å². The Labute approximate surface area is 97.2 Å². The fraction of sp³-hybridized carbons (Fsp3) is 0.900. The molecule has 1 heterocycles. The van der Waals surface area contributed by atoms with E-state index in [9.17, 15) is 13.2 Å². The van der Waals surface area contributed by atoms with Gasteiger partial charge in [0.05, 0.1) is 11.8 Å². The molecule has 1 aliphatic rings. The molecule has 5 nitrogen and oxygen atoms in total. The van der Waals surface area contributed by atoms with E-state index in [0.717, 1.165) is 25.9 Å². The summed E-state index contributed by atoms with van der Waals surface area (Å²) in [6, 6.07) is -0.644. The number of likely N-dealkylation sites (tertiary alicyclic amines) is 1. The molecule has 1 N–H and O–H groups in total. The molecule has 0 radical (unpaired) electrons. The number of hydrogen-bond acceptors (Lipinski definition) is 3. The van der Waals surface area contributed by atoms with E-state index in [0.29, 0.717) is 6.42 Å². The van der Waals surface area contributed by atoms with Crippen molar-refractivity contribution in [2.75, 3.05) is 18.8 Å². The van der Waals surface area contributed by atoms with Crippen molar-refractivity contribution >= 4 is 15.9 Å². The molecular weight excluding hydrogens is 228 g/mol. The van der Waals surface area contributed by atoms with E-state index in [1.54, 1.807) is 18.7 Å². The molecule has 94 valence electrons. The number of rotatable bonds is 5. The number of nitrogens with zero attached hydrogens (tertiary/aromatic N) is 1. The summed E-state index contributed by atoms with van der Waals surface area (Å²) in [4.78, 5) is 13.5. The predicted octanol–water partition coefficient (Wildman–Crippen LogP) is 0.327. The van der Waals surface area contributed by atoms with Crippen molar-refractivity contribution in [1.29, 1.82) is 0 Å². The standard InChI is InChI=1S/C10H20N2O3S/c1-3-8-16(14,15)11-9(2)10(13)12-6-4-5-7-12/h9,11H,3-8H2,1-2H3. The molecule has 0 aromatic rings. The van der Waals surface area contributed by atoms with Gasteiger partial charge in [-0.05, 0) is 26.2 Å². The van der Waals surface area contributed by atoms with Gasteiger partial charge in [-0.1, -0.05) is 6.92 Å². The first-order chi connectivity index (χ1) is 7.46. The summed E-state index contributed by atoms with van der Waals surface area (Å²) in [7, 11) is -3.30. The van der Waals surface area contributed by atoms with Gasteiger partial charge in [0, 0.05) is 13.1 Å². The summed E-state index contributed by atoms with van der Waals surface area (Å²) in [5.74, 6) is -0.0397. The highest BCUT2D eigenvalue weighted by molar-refractivity contribution is 7.89. The van der Waals surface area contributed by atoms with Crippen molar-refractivity contribution in [2.45, 2.75) is 39.2 Å². The van der Waals surface area contributed by atoms with Gasteiger partial charge in [0.15, 0.2) is 0 Å². The van der Waals surface area contributed by atoms with Crippen molar-refractivity contribution in [3.05, 3.63) is 0 Å². The molecule has 0 saturated carbocycles. The van der Waals surface area contributed by atoms with Crippen molar-refractivity contribution in [1.82, 2.24) is 9.62 Å². The van der Waals surface area contributed by atoms with Crippen LogP contribution in [0.2, 0.25) is 0 Å². The van der Waals surface area contributed by atoms with Gasteiger partial charge in [-0.15, -0.1) is 0 Å². The van der Waals surface area contributed by atoms with Crippen LogP contribution in [0, 0.1) is 0 Å². The van der Waals surface area contributed by atoms with Crippen molar-refractivity contribution in [3.63, 3.8) is 0 Å². The third-order valence-electron chi connectivity index (χ3n) is 2.62. The van der Waals surface area contributed by atoms with Gasteiger partial charge in [0.2, 0.25) is 15.9 Å². The number of carbonyl (C=O) groups excluding carboxylic acids is 1. The Balaban J connectivity index is 2.51. The zero-order chi connectivity index (χ0) is 12.2. The molecule has 0 aromatic carbocycles. The Kier molecular flexibility index (Phi) is 4.73. The van der Waals surface area contributed by atoms with E-state index in [-0.39, 0.29) is 11.7 Å². The monoisotopic (exact) mass is 248 g/mol. The van der Waals surface area contributed by atoms with Crippen molar-refractivity contribution in [3.8, 4) is 0 Å². The average molecular weight is 248 g/mol. The molecule has 1 unspecified atom stereocenters. The molecule has 0 aliphatic carbocycles. The second-order valence-corrected chi connectivity index (χ2v) is 6.06. The van der Waals surface area contributed by atoms with Crippen LogP contribution in [0.5, 0.6) is 0 Å². The third kappa shape index (κ3) is 3.75. The summed E-state index contributed by atoms with van der Waals surface area (Å²) in [5, 5.41) is 0.